The normalized spacial score (nSPS) is 18.0. The summed E-state index contributed by atoms with van der Waals surface area (Å²) in [6.07, 6.45) is 0.461. The maximum atomic E-state index is 14.2. The first-order chi connectivity index (χ1) is 14.0. The lowest BCUT2D eigenvalue weighted by Gasteiger charge is -2.44. The maximum absolute atomic E-state index is 14.2. The van der Waals surface area contributed by atoms with Gasteiger partial charge in [0.2, 0.25) is 5.91 Å². The molecule has 2 aromatic carbocycles. The van der Waals surface area contributed by atoms with E-state index < -0.39 is 18.0 Å². The summed E-state index contributed by atoms with van der Waals surface area (Å²) in [6, 6.07) is 10.4. The SMILES string of the molecule is COC(=O)c1ccccc1NC(=O)N1CC(=O)N2CCc3c(F)cccc3C2C1. The molecule has 7 nitrogen and oxygen atoms in total. The molecule has 2 aliphatic rings. The second-order valence-corrected chi connectivity index (χ2v) is 7.01. The van der Waals surface area contributed by atoms with Gasteiger partial charge < -0.3 is 19.9 Å². The molecule has 0 saturated carbocycles. The van der Waals surface area contributed by atoms with E-state index in [-0.39, 0.29) is 30.4 Å². The van der Waals surface area contributed by atoms with Crippen LogP contribution in [0.25, 0.3) is 0 Å². The van der Waals surface area contributed by atoms with Crippen molar-refractivity contribution < 1.29 is 23.5 Å². The molecule has 8 heteroatoms. The van der Waals surface area contributed by atoms with Crippen LogP contribution in [0.2, 0.25) is 0 Å². The Balaban J connectivity index is 1.57. The zero-order chi connectivity index (χ0) is 20.5. The Kier molecular flexibility index (Phi) is 4.92. The predicted octanol–water partition coefficient (Wildman–Crippen LogP) is 2.59. The van der Waals surface area contributed by atoms with Crippen molar-refractivity contribution in [2.24, 2.45) is 0 Å². The number of hydrogen-bond acceptors (Lipinski definition) is 4. The highest BCUT2D eigenvalue weighted by Crippen LogP contribution is 2.34. The smallest absolute Gasteiger partial charge is 0.339 e. The van der Waals surface area contributed by atoms with Crippen LogP contribution >= 0.6 is 0 Å². The van der Waals surface area contributed by atoms with E-state index in [4.69, 9.17) is 4.74 Å². The van der Waals surface area contributed by atoms with Crippen molar-refractivity contribution in [1.82, 2.24) is 9.80 Å². The van der Waals surface area contributed by atoms with E-state index in [1.54, 1.807) is 41.3 Å². The average Bonchev–Trinajstić information content (AvgIpc) is 2.73. The van der Waals surface area contributed by atoms with Gasteiger partial charge in [0.1, 0.15) is 12.4 Å². The van der Waals surface area contributed by atoms with Gasteiger partial charge in [0, 0.05) is 13.1 Å². The van der Waals surface area contributed by atoms with Crippen molar-refractivity contribution in [3.05, 3.63) is 65.0 Å². The number of urea groups is 1. The molecule has 0 aliphatic carbocycles. The van der Waals surface area contributed by atoms with Gasteiger partial charge in [-0.1, -0.05) is 24.3 Å². The number of piperazine rings is 1. The number of nitrogens with zero attached hydrogens (tertiary/aromatic N) is 2. The van der Waals surface area contributed by atoms with E-state index >= 15 is 0 Å². The van der Waals surface area contributed by atoms with Gasteiger partial charge in [0.15, 0.2) is 0 Å². The molecule has 2 aliphatic heterocycles. The monoisotopic (exact) mass is 397 g/mol. The molecule has 3 amide bonds. The highest BCUT2D eigenvalue weighted by Gasteiger charge is 2.39. The van der Waals surface area contributed by atoms with Crippen molar-refractivity contribution in [2.45, 2.75) is 12.5 Å². The maximum Gasteiger partial charge on any atom is 0.339 e. The van der Waals surface area contributed by atoms with E-state index in [1.165, 1.54) is 18.1 Å². The molecule has 0 aromatic heterocycles. The van der Waals surface area contributed by atoms with Crippen LogP contribution in [-0.4, -0.2) is 54.5 Å². The standard InChI is InChI=1S/C21H20FN3O4/c1-29-20(27)15-5-2-3-8-17(15)23-21(28)24-11-18-14-6-4-7-16(22)13(14)9-10-25(18)19(26)12-24/h2-8,18H,9-12H2,1H3,(H,23,28). The number of ether oxygens (including phenoxy) is 1. The number of halogens is 1. The molecule has 2 aromatic rings. The van der Waals surface area contributed by atoms with Gasteiger partial charge >= 0.3 is 12.0 Å². The molecule has 1 N–H and O–H groups in total. The first-order valence-electron chi connectivity index (χ1n) is 9.29. The average molecular weight is 397 g/mol. The highest BCUT2D eigenvalue weighted by atomic mass is 19.1. The summed E-state index contributed by atoms with van der Waals surface area (Å²) in [5.74, 6) is -1.05. The van der Waals surface area contributed by atoms with Crippen LogP contribution in [0, 0.1) is 5.82 Å². The molecule has 0 bridgehead atoms. The van der Waals surface area contributed by atoms with Crippen LogP contribution in [0.3, 0.4) is 0 Å². The summed E-state index contributed by atoms with van der Waals surface area (Å²) in [7, 11) is 1.26. The van der Waals surface area contributed by atoms with Crippen LogP contribution in [0.4, 0.5) is 14.9 Å². The van der Waals surface area contributed by atoms with Crippen molar-refractivity contribution in [3.63, 3.8) is 0 Å². The van der Waals surface area contributed by atoms with Crippen molar-refractivity contribution >= 4 is 23.6 Å². The van der Waals surface area contributed by atoms with Crippen LogP contribution in [0.5, 0.6) is 0 Å². The van der Waals surface area contributed by atoms with Crippen molar-refractivity contribution in [3.8, 4) is 0 Å². The largest absolute Gasteiger partial charge is 0.465 e. The van der Waals surface area contributed by atoms with E-state index in [2.05, 4.69) is 5.32 Å². The summed E-state index contributed by atoms with van der Waals surface area (Å²) >= 11 is 0. The number of benzene rings is 2. The lowest BCUT2D eigenvalue weighted by Crippen LogP contribution is -2.56. The van der Waals surface area contributed by atoms with E-state index in [0.29, 0.717) is 24.2 Å². The quantitative estimate of drug-likeness (QED) is 0.790. The summed E-state index contributed by atoms with van der Waals surface area (Å²) in [5.41, 5.74) is 1.85. The number of esters is 1. The minimum absolute atomic E-state index is 0.0760. The first-order valence-corrected chi connectivity index (χ1v) is 9.29. The van der Waals surface area contributed by atoms with Gasteiger partial charge in [-0.3, -0.25) is 4.79 Å². The summed E-state index contributed by atoms with van der Waals surface area (Å²) in [4.78, 5) is 40.5. The minimum atomic E-state index is -0.571. The summed E-state index contributed by atoms with van der Waals surface area (Å²) < 4.78 is 18.9. The van der Waals surface area contributed by atoms with E-state index in [1.807, 2.05) is 0 Å². The Morgan fingerprint density at radius 1 is 1.17 bits per heavy atom. The Morgan fingerprint density at radius 3 is 2.76 bits per heavy atom. The molecule has 1 atom stereocenters. The van der Waals surface area contributed by atoms with Gasteiger partial charge in [-0.2, -0.15) is 0 Å². The number of anilines is 1. The molecular formula is C21H20FN3O4. The molecule has 0 radical (unpaired) electrons. The van der Waals surface area contributed by atoms with Gasteiger partial charge in [-0.05, 0) is 35.7 Å². The minimum Gasteiger partial charge on any atom is -0.465 e. The molecule has 4 rings (SSSR count). The van der Waals surface area contributed by atoms with E-state index in [0.717, 1.165) is 5.56 Å². The Labute approximate surface area is 167 Å². The number of carbonyl (C=O) groups is 3. The zero-order valence-corrected chi connectivity index (χ0v) is 15.9. The molecule has 2 heterocycles. The summed E-state index contributed by atoms with van der Waals surface area (Å²) in [5, 5.41) is 2.69. The van der Waals surface area contributed by atoms with Crippen LogP contribution in [0.15, 0.2) is 42.5 Å². The molecule has 1 unspecified atom stereocenters. The second-order valence-electron chi connectivity index (χ2n) is 7.01. The number of carbonyl (C=O) groups excluding carboxylic acids is 3. The summed E-state index contributed by atoms with van der Waals surface area (Å²) in [6.45, 7) is 0.597. The Hall–Kier alpha value is -3.42. The third-order valence-corrected chi connectivity index (χ3v) is 5.39. The fourth-order valence-electron chi connectivity index (χ4n) is 3.96. The number of fused-ring (bicyclic) bond motifs is 3. The molecule has 1 fully saturated rings. The molecule has 29 heavy (non-hydrogen) atoms. The van der Waals surface area contributed by atoms with Gasteiger partial charge in [-0.25, -0.2) is 14.0 Å². The zero-order valence-electron chi connectivity index (χ0n) is 15.9. The number of nitrogens with one attached hydrogen (secondary N) is 1. The molecular weight excluding hydrogens is 377 g/mol. The van der Waals surface area contributed by atoms with Crippen LogP contribution < -0.4 is 5.32 Å². The van der Waals surface area contributed by atoms with Crippen LogP contribution in [0.1, 0.15) is 27.5 Å². The van der Waals surface area contributed by atoms with Gasteiger partial charge in [0.25, 0.3) is 0 Å². The fraction of sp³-hybridized carbons (Fsp3) is 0.286. The Bertz CT molecular complexity index is 994. The molecule has 150 valence electrons. The number of rotatable bonds is 2. The number of hydrogen-bond donors (Lipinski definition) is 1. The first kappa shape index (κ1) is 18.9. The molecule has 0 spiro atoms. The molecule has 1 saturated heterocycles. The van der Waals surface area contributed by atoms with Crippen molar-refractivity contribution in [2.75, 3.05) is 32.1 Å². The van der Waals surface area contributed by atoms with E-state index in [9.17, 15) is 18.8 Å². The number of methoxy groups -OCH3 is 1. The number of amides is 3. The highest BCUT2D eigenvalue weighted by molar-refractivity contribution is 6.01. The predicted molar refractivity (Wildman–Crippen MR) is 103 cm³/mol. The Morgan fingerprint density at radius 2 is 1.97 bits per heavy atom. The topological polar surface area (TPSA) is 79.0 Å². The third kappa shape index (κ3) is 3.41. The van der Waals surface area contributed by atoms with Crippen molar-refractivity contribution in [1.29, 1.82) is 0 Å². The number of para-hydroxylation sites is 1. The lowest BCUT2D eigenvalue weighted by molar-refractivity contribution is -0.139. The fourth-order valence-corrected chi connectivity index (χ4v) is 3.96. The second kappa shape index (κ2) is 7.54. The van der Waals surface area contributed by atoms with Gasteiger partial charge in [0.05, 0.1) is 24.4 Å². The van der Waals surface area contributed by atoms with Crippen LogP contribution in [-0.2, 0) is 16.0 Å². The lowest BCUT2D eigenvalue weighted by atomic mass is 9.90. The third-order valence-electron chi connectivity index (χ3n) is 5.39. The van der Waals surface area contributed by atoms with Gasteiger partial charge in [-0.15, -0.1) is 0 Å².